The first-order valence-electron chi connectivity index (χ1n) is 5.14. The quantitative estimate of drug-likeness (QED) is 0.651. The van der Waals surface area contributed by atoms with Crippen LogP contribution in [0.3, 0.4) is 0 Å². The molecule has 1 atom stereocenters. The molecule has 1 aromatic rings. The number of thioether (sulfide) groups is 1. The predicted molar refractivity (Wildman–Crippen MR) is 62.9 cm³/mol. The van der Waals surface area contributed by atoms with Crippen molar-refractivity contribution in [2.75, 3.05) is 6.54 Å². The van der Waals surface area contributed by atoms with E-state index < -0.39 is 17.8 Å². The SMILES string of the molecule is NC(=O)C(O)CNCc1ccc(CSC(F)F)o1. The molecule has 0 aliphatic carbocycles. The molecule has 0 radical (unpaired) electrons. The highest BCUT2D eigenvalue weighted by atomic mass is 32.2. The number of alkyl halides is 2. The third kappa shape index (κ3) is 5.48. The van der Waals surface area contributed by atoms with Crippen molar-refractivity contribution in [1.29, 1.82) is 0 Å². The number of nitrogens with two attached hydrogens (primary N) is 1. The number of furan rings is 1. The van der Waals surface area contributed by atoms with Crippen molar-refractivity contribution in [2.24, 2.45) is 5.73 Å². The molecule has 0 aliphatic rings. The summed E-state index contributed by atoms with van der Waals surface area (Å²) in [4.78, 5) is 10.5. The average Bonchev–Trinajstić information content (AvgIpc) is 2.74. The molecule has 0 bridgehead atoms. The summed E-state index contributed by atoms with van der Waals surface area (Å²) in [6, 6.07) is 3.25. The Balaban J connectivity index is 2.29. The Morgan fingerprint density at radius 3 is 2.78 bits per heavy atom. The van der Waals surface area contributed by atoms with E-state index in [-0.39, 0.29) is 18.8 Å². The van der Waals surface area contributed by atoms with Crippen molar-refractivity contribution in [3.8, 4) is 0 Å². The van der Waals surface area contributed by atoms with Crippen LogP contribution in [0.15, 0.2) is 16.5 Å². The van der Waals surface area contributed by atoms with E-state index >= 15 is 0 Å². The van der Waals surface area contributed by atoms with Gasteiger partial charge in [-0.05, 0) is 12.1 Å². The fourth-order valence-corrected chi connectivity index (χ4v) is 1.62. The van der Waals surface area contributed by atoms with E-state index in [0.29, 0.717) is 23.3 Å². The highest BCUT2D eigenvalue weighted by Gasteiger charge is 2.11. The smallest absolute Gasteiger partial charge is 0.284 e. The van der Waals surface area contributed by atoms with E-state index in [1.807, 2.05) is 0 Å². The van der Waals surface area contributed by atoms with Gasteiger partial charge in [-0.15, -0.1) is 0 Å². The number of rotatable bonds is 8. The molecule has 18 heavy (non-hydrogen) atoms. The standard InChI is InChI=1S/C10H14F2N2O3S/c11-10(12)18-5-7-2-1-6(17-7)3-14-4-8(15)9(13)16/h1-2,8,10,14-15H,3-5H2,(H2,13,16). The third-order valence-corrected chi connectivity index (χ3v) is 2.74. The monoisotopic (exact) mass is 280 g/mol. The zero-order valence-electron chi connectivity index (χ0n) is 9.44. The zero-order valence-corrected chi connectivity index (χ0v) is 10.3. The predicted octanol–water partition coefficient (Wildman–Crippen LogP) is 0.671. The second kappa shape index (κ2) is 7.34. The summed E-state index contributed by atoms with van der Waals surface area (Å²) in [6.45, 7) is 0.292. The molecule has 1 amide bonds. The van der Waals surface area contributed by atoms with Crippen LogP contribution >= 0.6 is 11.8 Å². The number of primary amides is 1. The molecule has 0 spiro atoms. The zero-order chi connectivity index (χ0) is 13.5. The largest absolute Gasteiger partial charge is 0.464 e. The second-order valence-corrected chi connectivity index (χ2v) is 4.47. The minimum atomic E-state index is -2.43. The Morgan fingerprint density at radius 1 is 1.50 bits per heavy atom. The Bertz CT molecular complexity index is 387. The van der Waals surface area contributed by atoms with Gasteiger partial charge in [0.05, 0.1) is 12.3 Å². The van der Waals surface area contributed by atoms with Gasteiger partial charge in [0, 0.05) is 6.54 Å². The van der Waals surface area contributed by atoms with Gasteiger partial charge in [-0.25, -0.2) is 0 Å². The first-order chi connectivity index (χ1) is 8.49. The summed E-state index contributed by atoms with van der Waals surface area (Å²) >= 11 is 0.482. The average molecular weight is 280 g/mol. The van der Waals surface area contributed by atoms with Gasteiger partial charge < -0.3 is 20.6 Å². The van der Waals surface area contributed by atoms with E-state index in [1.165, 1.54) is 0 Å². The minimum Gasteiger partial charge on any atom is -0.464 e. The summed E-state index contributed by atoms with van der Waals surface area (Å²) in [7, 11) is 0. The molecule has 1 rings (SSSR count). The molecule has 1 aromatic heterocycles. The van der Waals surface area contributed by atoms with E-state index in [4.69, 9.17) is 15.3 Å². The molecule has 1 heterocycles. The van der Waals surface area contributed by atoms with E-state index in [1.54, 1.807) is 12.1 Å². The van der Waals surface area contributed by atoms with Crippen molar-refractivity contribution in [2.45, 2.75) is 24.2 Å². The van der Waals surface area contributed by atoms with Crippen LogP contribution in [0, 0.1) is 0 Å². The second-order valence-electron chi connectivity index (χ2n) is 3.49. The van der Waals surface area contributed by atoms with Gasteiger partial charge in [0.15, 0.2) is 0 Å². The van der Waals surface area contributed by atoms with Crippen LogP contribution in [0.4, 0.5) is 8.78 Å². The lowest BCUT2D eigenvalue weighted by molar-refractivity contribution is -0.125. The van der Waals surface area contributed by atoms with Crippen molar-refractivity contribution in [3.05, 3.63) is 23.7 Å². The first-order valence-corrected chi connectivity index (χ1v) is 6.19. The number of halogens is 2. The highest BCUT2D eigenvalue weighted by molar-refractivity contribution is 7.98. The Labute approximate surface area is 107 Å². The maximum atomic E-state index is 11.9. The van der Waals surface area contributed by atoms with Gasteiger partial charge in [0.25, 0.3) is 5.76 Å². The van der Waals surface area contributed by atoms with Crippen LogP contribution in [-0.4, -0.2) is 29.4 Å². The number of amides is 1. The van der Waals surface area contributed by atoms with Crippen molar-refractivity contribution in [1.82, 2.24) is 5.32 Å². The number of carbonyl (C=O) groups is 1. The van der Waals surface area contributed by atoms with Crippen LogP contribution < -0.4 is 11.1 Å². The summed E-state index contributed by atoms with van der Waals surface area (Å²) in [6.07, 6.45) is -1.26. The molecule has 1 unspecified atom stereocenters. The number of hydrogen-bond donors (Lipinski definition) is 3. The number of hydrogen-bond acceptors (Lipinski definition) is 5. The van der Waals surface area contributed by atoms with E-state index in [0.717, 1.165) is 0 Å². The Kier molecular flexibility index (Phi) is 6.10. The summed E-state index contributed by atoms with van der Waals surface area (Å²) < 4.78 is 29.1. The maximum Gasteiger partial charge on any atom is 0.284 e. The first kappa shape index (κ1) is 14.9. The van der Waals surface area contributed by atoms with Crippen molar-refractivity contribution < 1.29 is 23.1 Å². The van der Waals surface area contributed by atoms with Crippen LogP contribution in [0.25, 0.3) is 0 Å². The molecule has 0 aliphatic heterocycles. The molecule has 102 valence electrons. The van der Waals surface area contributed by atoms with Crippen LogP contribution in [0.1, 0.15) is 11.5 Å². The van der Waals surface area contributed by atoms with Crippen LogP contribution in [-0.2, 0) is 17.1 Å². The molecule has 0 saturated heterocycles. The van der Waals surface area contributed by atoms with Crippen LogP contribution in [0.5, 0.6) is 0 Å². The number of aliphatic hydroxyl groups excluding tert-OH is 1. The molecule has 0 fully saturated rings. The normalized spacial score (nSPS) is 12.9. The fourth-order valence-electron chi connectivity index (χ4n) is 1.17. The molecule has 0 saturated carbocycles. The lowest BCUT2D eigenvalue weighted by Gasteiger charge is -2.06. The van der Waals surface area contributed by atoms with Gasteiger partial charge in [-0.3, -0.25) is 4.79 Å². The molecular weight excluding hydrogens is 266 g/mol. The maximum absolute atomic E-state index is 11.9. The number of carbonyl (C=O) groups excluding carboxylic acids is 1. The Morgan fingerprint density at radius 2 is 2.17 bits per heavy atom. The van der Waals surface area contributed by atoms with E-state index in [2.05, 4.69) is 5.32 Å². The Hall–Kier alpha value is -1.12. The molecule has 4 N–H and O–H groups in total. The lowest BCUT2D eigenvalue weighted by atomic mass is 10.3. The van der Waals surface area contributed by atoms with Gasteiger partial charge in [-0.2, -0.15) is 8.78 Å². The van der Waals surface area contributed by atoms with E-state index in [9.17, 15) is 13.6 Å². The van der Waals surface area contributed by atoms with Gasteiger partial charge in [0.1, 0.15) is 17.6 Å². The van der Waals surface area contributed by atoms with Gasteiger partial charge >= 0.3 is 0 Å². The molecule has 5 nitrogen and oxygen atoms in total. The summed E-state index contributed by atoms with van der Waals surface area (Å²) in [5.74, 6) is -2.15. The highest BCUT2D eigenvalue weighted by Crippen LogP contribution is 2.21. The topological polar surface area (TPSA) is 88.5 Å². The molecule has 0 aromatic carbocycles. The summed E-state index contributed by atoms with van der Waals surface area (Å²) in [5, 5.41) is 11.9. The fraction of sp³-hybridized carbons (Fsp3) is 0.500. The number of aliphatic hydroxyl groups is 1. The minimum absolute atomic E-state index is 0.0111. The van der Waals surface area contributed by atoms with Crippen molar-refractivity contribution >= 4 is 17.7 Å². The van der Waals surface area contributed by atoms with Crippen molar-refractivity contribution in [3.63, 3.8) is 0 Å². The summed E-state index contributed by atoms with van der Waals surface area (Å²) in [5.41, 5.74) is 4.86. The van der Waals surface area contributed by atoms with Crippen LogP contribution in [0.2, 0.25) is 0 Å². The van der Waals surface area contributed by atoms with Gasteiger partial charge in [-0.1, -0.05) is 11.8 Å². The lowest BCUT2D eigenvalue weighted by Crippen LogP contribution is -2.37. The number of nitrogens with one attached hydrogen (secondary N) is 1. The van der Waals surface area contributed by atoms with Gasteiger partial charge in [0.2, 0.25) is 5.91 Å². The molecular formula is C10H14F2N2O3S. The third-order valence-electron chi connectivity index (χ3n) is 2.03. The molecule has 8 heteroatoms.